The number of aliphatic hydroxyl groups excluding tert-OH is 1. The van der Waals surface area contributed by atoms with Gasteiger partial charge in [-0.2, -0.15) is 0 Å². The average molecular weight is 307 g/mol. The molecule has 0 aromatic heterocycles. The molecule has 0 aliphatic heterocycles. The van der Waals surface area contributed by atoms with Crippen LogP contribution < -0.4 is 5.32 Å². The molecule has 0 bridgehead atoms. The summed E-state index contributed by atoms with van der Waals surface area (Å²) in [5, 5.41) is 12.1. The lowest BCUT2D eigenvalue weighted by Gasteiger charge is -2.32. The predicted molar refractivity (Wildman–Crippen MR) is 76.2 cm³/mol. The second kappa shape index (κ2) is 6.30. The molecule has 0 heterocycles. The average Bonchev–Trinajstić information content (AvgIpc) is 2.23. The fourth-order valence-corrected chi connectivity index (χ4v) is 3.44. The molecule has 3 unspecified atom stereocenters. The van der Waals surface area contributed by atoms with Crippen molar-refractivity contribution < 1.29 is 23.1 Å². The zero-order valence-corrected chi connectivity index (χ0v) is 13.4. The summed E-state index contributed by atoms with van der Waals surface area (Å²) in [6, 6.07) is 0. The second-order valence-electron chi connectivity index (χ2n) is 6.47. The molecule has 1 aliphatic rings. The molecule has 1 aliphatic carbocycles. The molecule has 7 heteroatoms. The molecule has 1 fully saturated rings. The Morgan fingerprint density at radius 1 is 1.35 bits per heavy atom. The minimum Gasteiger partial charge on any atom is -0.444 e. The summed E-state index contributed by atoms with van der Waals surface area (Å²) in [5.74, 6) is -0.125. The van der Waals surface area contributed by atoms with Crippen LogP contribution in [-0.4, -0.2) is 49.4 Å². The van der Waals surface area contributed by atoms with Crippen LogP contribution in [0.3, 0.4) is 0 Å². The third-order valence-corrected chi connectivity index (χ3v) is 5.06. The summed E-state index contributed by atoms with van der Waals surface area (Å²) in [6.07, 6.45) is 1.31. The number of rotatable bonds is 3. The van der Waals surface area contributed by atoms with E-state index in [1.807, 2.05) is 0 Å². The highest BCUT2D eigenvalue weighted by atomic mass is 32.2. The Balaban J connectivity index is 2.42. The number of hydrogen-bond donors (Lipinski definition) is 2. The van der Waals surface area contributed by atoms with E-state index >= 15 is 0 Å². The normalized spacial score (nSPS) is 27.9. The van der Waals surface area contributed by atoms with Gasteiger partial charge in [0.25, 0.3) is 0 Å². The smallest absolute Gasteiger partial charge is 0.407 e. The standard InChI is InChI=1S/C13H25NO5S/c1-13(2,3)19-12(16)14-8-9-5-6-10(7-11(9)15)20(4,17)18/h9-11,15H,5-8H2,1-4H3,(H,14,16). The molecular formula is C13H25NO5S. The van der Waals surface area contributed by atoms with Crippen molar-refractivity contribution in [1.29, 1.82) is 0 Å². The zero-order chi connectivity index (χ0) is 15.6. The Morgan fingerprint density at radius 2 is 1.95 bits per heavy atom. The van der Waals surface area contributed by atoms with E-state index < -0.39 is 32.9 Å². The molecule has 0 saturated heterocycles. The van der Waals surface area contributed by atoms with Gasteiger partial charge in [-0.25, -0.2) is 13.2 Å². The zero-order valence-electron chi connectivity index (χ0n) is 12.5. The number of hydrogen-bond acceptors (Lipinski definition) is 5. The minimum atomic E-state index is -3.11. The van der Waals surface area contributed by atoms with Crippen molar-refractivity contribution in [3.63, 3.8) is 0 Å². The molecule has 20 heavy (non-hydrogen) atoms. The summed E-state index contributed by atoms with van der Waals surface area (Å²) < 4.78 is 28.0. The van der Waals surface area contributed by atoms with Gasteiger partial charge in [-0.15, -0.1) is 0 Å². The van der Waals surface area contributed by atoms with E-state index in [9.17, 15) is 18.3 Å². The predicted octanol–water partition coefficient (Wildman–Crippen LogP) is 1.09. The molecule has 0 spiro atoms. The van der Waals surface area contributed by atoms with Crippen LogP contribution in [0.25, 0.3) is 0 Å². The maximum Gasteiger partial charge on any atom is 0.407 e. The maximum absolute atomic E-state index is 11.5. The van der Waals surface area contributed by atoms with E-state index in [-0.39, 0.29) is 12.3 Å². The molecule has 0 aromatic rings. The Kier molecular flexibility index (Phi) is 5.43. The van der Waals surface area contributed by atoms with Crippen LogP contribution in [0.5, 0.6) is 0 Å². The lowest BCUT2D eigenvalue weighted by molar-refractivity contribution is 0.0437. The molecule has 0 radical (unpaired) electrons. The molecule has 118 valence electrons. The van der Waals surface area contributed by atoms with Gasteiger partial charge in [0.2, 0.25) is 0 Å². The van der Waals surface area contributed by atoms with Crippen LogP contribution in [0, 0.1) is 5.92 Å². The van der Waals surface area contributed by atoms with Gasteiger partial charge in [-0.05, 0) is 40.0 Å². The largest absolute Gasteiger partial charge is 0.444 e. The number of aliphatic hydroxyl groups is 1. The number of nitrogens with one attached hydrogen (secondary N) is 1. The van der Waals surface area contributed by atoms with E-state index in [1.54, 1.807) is 20.8 Å². The Hall–Kier alpha value is -0.820. The Bertz CT molecular complexity index is 440. The van der Waals surface area contributed by atoms with Gasteiger partial charge in [-0.3, -0.25) is 0 Å². The van der Waals surface area contributed by atoms with E-state index in [2.05, 4.69) is 5.32 Å². The molecule has 0 aromatic carbocycles. The first-order chi connectivity index (χ1) is 8.99. The van der Waals surface area contributed by atoms with Gasteiger partial charge in [0.15, 0.2) is 0 Å². The summed E-state index contributed by atoms with van der Waals surface area (Å²) >= 11 is 0. The van der Waals surface area contributed by atoms with E-state index in [1.165, 1.54) is 6.26 Å². The number of alkyl carbamates (subject to hydrolysis) is 1. The fraction of sp³-hybridized carbons (Fsp3) is 0.923. The van der Waals surface area contributed by atoms with Gasteiger partial charge in [0.1, 0.15) is 15.4 Å². The second-order valence-corrected chi connectivity index (χ2v) is 8.80. The molecule has 1 amide bonds. The van der Waals surface area contributed by atoms with Gasteiger partial charge in [0, 0.05) is 18.7 Å². The highest BCUT2D eigenvalue weighted by molar-refractivity contribution is 7.91. The van der Waals surface area contributed by atoms with Crippen LogP contribution in [0.4, 0.5) is 4.79 Å². The number of ether oxygens (including phenoxy) is 1. The third-order valence-electron chi connectivity index (χ3n) is 3.42. The lowest BCUT2D eigenvalue weighted by Crippen LogP contribution is -2.43. The summed E-state index contributed by atoms with van der Waals surface area (Å²) in [7, 11) is -3.11. The van der Waals surface area contributed by atoms with Crippen molar-refractivity contribution in [2.75, 3.05) is 12.8 Å². The molecule has 2 N–H and O–H groups in total. The number of carbonyl (C=O) groups excluding carboxylic acids is 1. The molecule has 1 rings (SSSR count). The van der Waals surface area contributed by atoms with Crippen LogP contribution in [-0.2, 0) is 14.6 Å². The number of sulfone groups is 1. The molecule has 6 nitrogen and oxygen atoms in total. The number of amides is 1. The molecular weight excluding hydrogens is 282 g/mol. The summed E-state index contributed by atoms with van der Waals surface area (Å²) in [4.78, 5) is 11.5. The monoisotopic (exact) mass is 307 g/mol. The van der Waals surface area contributed by atoms with E-state index in [4.69, 9.17) is 4.74 Å². The van der Waals surface area contributed by atoms with Gasteiger partial charge < -0.3 is 15.2 Å². The van der Waals surface area contributed by atoms with Crippen molar-refractivity contribution in [2.45, 2.75) is 57.0 Å². The van der Waals surface area contributed by atoms with E-state index in [0.29, 0.717) is 19.4 Å². The third kappa shape index (κ3) is 5.66. The van der Waals surface area contributed by atoms with Gasteiger partial charge in [0.05, 0.1) is 11.4 Å². The highest BCUT2D eigenvalue weighted by Crippen LogP contribution is 2.28. The molecule has 1 saturated carbocycles. The maximum atomic E-state index is 11.5. The first-order valence-corrected chi connectivity index (χ1v) is 8.78. The van der Waals surface area contributed by atoms with Crippen molar-refractivity contribution in [3.8, 4) is 0 Å². The first kappa shape index (κ1) is 17.2. The Labute approximate surface area is 120 Å². The van der Waals surface area contributed by atoms with Crippen LogP contribution in [0.1, 0.15) is 40.0 Å². The van der Waals surface area contributed by atoms with Gasteiger partial charge >= 0.3 is 6.09 Å². The van der Waals surface area contributed by atoms with Crippen molar-refractivity contribution >= 4 is 15.9 Å². The topological polar surface area (TPSA) is 92.7 Å². The quantitative estimate of drug-likeness (QED) is 0.814. The summed E-state index contributed by atoms with van der Waals surface area (Å²) in [6.45, 7) is 5.63. The van der Waals surface area contributed by atoms with Crippen molar-refractivity contribution in [3.05, 3.63) is 0 Å². The lowest BCUT2D eigenvalue weighted by atomic mass is 9.86. The van der Waals surface area contributed by atoms with E-state index in [0.717, 1.165) is 0 Å². The first-order valence-electron chi connectivity index (χ1n) is 6.83. The molecule has 3 atom stereocenters. The number of carbonyl (C=O) groups is 1. The minimum absolute atomic E-state index is 0.125. The van der Waals surface area contributed by atoms with Crippen LogP contribution in [0.15, 0.2) is 0 Å². The van der Waals surface area contributed by atoms with Gasteiger partial charge in [-0.1, -0.05) is 0 Å². The van der Waals surface area contributed by atoms with Crippen molar-refractivity contribution in [1.82, 2.24) is 5.32 Å². The Morgan fingerprint density at radius 3 is 2.40 bits per heavy atom. The van der Waals surface area contributed by atoms with Crippen LogP contribution in [0.2, 0.25) is 0 Å². The summed E-state index contributed by atoms with van der Waals surface area (Å²) in [5.41, 5.74) is -0.559. The SMILES string of the molecule is CC(C)(C)OC(=O)NCC1CCC(S(C)(=O)=O)CC1O. The van der Waals surface area contributed by atoms with Crippen molar-refractivity contribution in [2.24, 2.45) is 5.92 Å². The van der Waals surface area contributed by atoms with Crippen LogP contribution >= 0.6 is 0 Å². The fourth-order valence-electron chi connectivity index (χ4n) is 2.33. The highest BCUT2D eigenvalue weighted by Gasteiger charge is 2.34.